The van der Waals surface area contributed by atoms with Crippen molar-refractivity contribution in [2.45, 2.75) is 52.0 Å². The Morgan fingerprint density at radius 3 is 2.66 bits per heavy atom. The lowest BCUT2D eigenvalue weighted by Gasteiger charge is -2.27. The van der Waals surface area contributed by atoms with E-state index in [0.29, 0.717) is 30.1 Å². The number of H-pyrrole nitrogens is 1. The summed E-state index contributed by atoms with van der Waals surface area (Å²) in [7, 11) is 0. The maximum atomic E-state index is 13.4. The normalized spacial score (nSPS) is 15.2. The zero-order valence-corrected chi connectivity index (χ0v) is 18.8. The highest BCUT2D eigenvalue weighted by Gasteiger charge is 2.42. The molecule has 6 heteroatoms. The van der Waals surface area contributed by atoms with Gasteiger partial charge in [-0.1, -0.05) is 57.4 Å². The maximum absolute atomic E-state index is 13.4. The van der Waals surface area contributed by atoms with Crippen LogP contribution in [0.15, 0.2) is 48.5 Å². The van der Waals surface area contributed by atoms with Gasteiger partial charge in [-0.2, -0.15) is 5.10 Å². The minimum Gasteiger partial charge on any atom is -0.507 e. The highest BCUT2D eigenvalue weighted by Crippen LogP contribution is 2.44. The van der Waals surface area contributed by atoms with Crippen LogP contribution in [0.1, 0.15) is 73.6 Å². The predicted molar refractivity (Wildman–Crippen MR) is 125 cm³/mol. The van der Waals surface area contributed by atoms with Gasteiger partial charge in [-0.15, -0.1) is 0 Å². The number of aromatic nitrogens is 2. The molecular weight excluding hydrogens is 402 g/mol. The van der Waals surface area contributed by atoms with Gasteiger partial charge >= 0.3 is 0 Å². The molecule has 0 spiro atoms. The summed E-state index contributed by atoms with van der Waals surface area (Å²) in [6, 6.07) is 14.8. The first-order chi connectivity index (χ1) is 15.7. The molecule has 168 valence electrons. The Hall–Kier alpha value is -3.28. The first-order valence-electron chi connectivity index (χ1n) is 11.6. The number of phenols is 1. The highest BCUT2D eigenvalue weighted by molar-refractivity contribution is 6.00. The number of rotatable bonds is 10. The van der Waals surface area contributed by atoms with E-state index in [9.17, 15) is 9.90 Å². The third-order valence-corrected chi connectivity index (χ3v) is 5.97. The number of phenolic OH excluding ortho intramolecular Hbond substituents is 1. The Balaban J connectivity index is 1.77. The molecule has 0 bridgehead atoms. The predicted octanol–water partition coefficient (Wildman–Crippen LogP) is 5.70. The van der Waals surface area contributed by atoms with Crippen molar-refractivity contribution in [2.24, 2.45) is 0 Å². The Labute approximate surface area is 189 Å². The van der Waals surface area contributed by atoms with Crippen molar-refractivity contribution in [2.75, 3.05) is 13.2 Å². The van der Waals surface area contributed by atoms with Crippen molar-refractivity contribution in [3.8, 4) is 22.8 Å². The number of aromatic amines is 1. The second kappa shape index (κ2) is 9.90. The second-order valence-electron chi connectivity index (χ2n) is 8.26. The van der Waals surface area contributed by atoms with Crippen LogP contribution in [0, 0.1) is 0 Å². The van der Waals surface area contributed by atoms with Gasteiger partial charge in [0.25, 0.3) is 5.91 Å². The lowest BCUT2D eigenvalue weighted by molar-refractivity contribution is 0.0740. The molecule has 1 aliphatic heterocycles. The smallest absolute Gasteiger partial charge is 0.273 e. The minimum atomic E-state index is -0.280. The van der Waals surface area contributed by atoms with Gasteiger partial charge in [0.05, 0.1) is 12.6 Å². The number of hydrogen-bond acceptors (Lipinski definition) is 4. The van der Waals surface area contributed by atoms with E-state index in [0.717, 1.165) is 49.0 Å². The van der Waals surface area contributed by atoms with Crippen molar-refractivity contribution < 1.29 is 14.6 Å². The summed E-state index contributed by atoms with van der Waals surface area (Å²) in [5.74, 6) is 0.902. The number of amides is 1. The molecule has 1 aliphatic rings. The molecule has 3 aromatic rings. The fraction of sp³-hybridized carbons (Fsp3) is 0.385. The largest absolute Gasteiger partial charge is 0.507 e. The van der Waals surface area contributed by atoms with Gasteiger partial charge in [0, 0.05) is 17.7 Å². The van der Waals surface area contributed by atoms with E-state index in [-0.39, 0.29) is 17.7 Å². The molecule has 2 heterocycles. The highest BCUT2D eigenvalue weighted by atomic mass is 16.5. The molecule has 1 atom stereocenters. The summed E-state index contributed by atoms with van der Waals surface area (Å²) in [4.78, 5) is 15.3. The first-order valence-corrected chi connectivity index (χ1v) is 11.6. The van der Waals surface area contributed by atoms with Crippen LogP contribution in [-0.2, 0) is 0 Å². The van der Waals surface area contributed by atoms with E-state index in [1.807, 2.05) is 41.3 Å². The van der Waals surface area contributed by atoms with Crippen molar-refractivity contribution in [1.29, 1.82) is 0 Å². The van der Waals surface area contributed by atoms with Gasteiger partial charge in [0.1, 0.15) is 22.9 Å². The van der Waals surface area contributed by atoms with Crippen molar-refractivity contribution in [1.82, 2.24) is 15.1 Å². The number of aromatic hydroxyl groups is 1. The molecule has 0 saturated carbocycles. The first kappa shape index (κ1) is 21.9. The molecule has 2 aromatic carbocycles. The molecule has 1 aromatic heterocycles. The van der Waals surface area contributed by atoms with E-state index in [1.165, 1.54) is 0 Å². The lowest BCUT2D eigenvalue weighted by atomic mass is 9.95. The Morgan fingerprint density at radius 1 is 1.06 bits per heavy atom. The van der Waals surface area contributed by atoms with E-state index >= 15 is 0 Å². The summed E-state index contributed by atoms with van der Waals surface area (Å²) in [6.45, 7) is 5.63. The van der Waals surface area contributed by atoms with Crippen LogP contribution in [0.25, 0.3) is 11.3 Å². The molecule has 6 nitrogen and oxygen atoms in total. The lowest BCUT2D eigenvalue weighted by Crippen LogP contribution is -2.30. The number of benzene rings is 2. The average Bonchev–Trinajstić information content (AvgIpc) is 3.34. The molecule has 0 fully saturated rings. The molecule has 1 unspecified atom stereocenters. The molecule has 2 N–H and O–H groups in total. The van der Waals surface area contributed by atoms with E-state index in [4.69, 9.17) is 4.74 Å². The molecule has 32 heavy (non-hydrogen) atoms. The fourth-order valence-electron chi connectivity index (χ4n) is 4.29. The van der Waals surface area contributed by atoms with Crippen LogP contribution in [0.3, 0.4) is 0 Å². The zero-order chi connectivity index (χ0) is 22.5. The molecule has 1 amide bonds. The summed E-state index contributed by atoms with van der Waals surface area (Å²) < 4.78 is 5.94. The van der Waals surface area contributed by atoms with Crippen LogP contribution in [0.5, 0.6) is 11.5 Å². The maximum Gasteiger partial charge on any atom is 0.273 e. The van der Waals surface area contributed by atoms with Crippen molar-refractivity contribution in [3.05, 3.63) is 65.4 Å². The molecular formula is C26H31N3O3. The number of hydrogen-bond donors (Lipinski definition) is 2. The number of unbranched alkanes of at least 4 members (excludes halogenated alkanes) is 3. The average molecular weight is 434 g/mol. The number of carbonyl (C=O) groups excluding carboxylic acids is 1. The SMILES string of the molecule is CCCCCN1C(=O)c2[nH]nc(-c3ccccc3O)c2C1c1cccc(OCCCC)c1. The van der Waals surface area contributed by atoms with E-state index < -0.39 is 0 Å². The number of ether oxygens (including phenoxy) is 1. The fourth-order valence-corrected chi connectivity index (χ4v) is 4.29. The van der Waals surface area contributed by atoms with E-state index in [1.54, 1.807) is 12.1 Å². The standard InChI is InChI=1S/C26H31N3O3/c1-3-5-9-15-29-25(18-11-10-12-19(17-18)32-16-6-4-2)22-23(27-28-24(22)26(29)31)20-13-7-8-14-21(20)30/h7-8,10-14,17,25,30H,3-6,9,15-16H2,1-2H3,(H,27,28). The van der Waals surface area contributed by atoms with Crippen LogP contribution < -0.4 is 4.74 Å². The van der Waals surface area contributed by atoms with Crippen molar-refractivity contribution in [3.63, 3.8) is 0 Å². The number of carbonyl (C=O) groups is 1. The zero-order valence-electron chi connectivity index (χ0n) is 18.8. The van der Waals surface area contributed by atoms with Gasteiger partial charge in [0.2, 0.25) is 0 Å². The summed E-state index contributed by atoms with van der Waals surface area (Å²) in [6.07, 6.45) is 5.16. The summed E-state index contributed by atoms with van der Waals surface area (Å²) in [5, 5.41) is 17.9. The Bertz CT molecular complexity index is 1080. The second-order valence-corrected chi connectivity index (χ2v) is 8.26. The van der Waals surface area contributed by atoms with Gasteiger partial charge in [0.15, 0.2) is 0 Å². The van der Waals surface area contributed by atoms with Crippen LogP contribution in [0.2, 0.25) is 0 Å². The quantitative estimate of drug-likeness (QED) is 0.402. The number of fused-ring (bicyclic) bond motifs is 1. The van der Waals surface area contributed by atoms with Crippen LogP contribution in [0.4, 0.5) is 0 Å². The summed E-state index contributed by atoms with van der Waals surface area (Å²) in [5.41, 5.74) is 3.54. The molecule has 0 radical (unpaired) electrons. The minimum absolute atomic E-state index is 0.0485. The van der Waals surface area contributed by atoms with Crippen LogP contribution >= 0.6 is 0 Å². The third-order valence-electron chi connectivity index (χ3n) is 5.97. The third kappa shape index (κ3) is 4.22. The van der Waals surface area contributed by atoms with Crippen LogP contribution in [-0.4, -0.2) is 39.3 Å². The molecule has 4 rings (SSSR count). The number of nitrogens with zero attached hydrogens (tertiary/aromatic N) is 2. The van der Waals surface area contributed by atoms with Gasteiger partial charge in [-0.25, -0.2) is 0 Å². The Morgan fingerprint density at radius 2 is 1.88 bits per heavy atom. The van der Waals surface area contributed by atoms with Gasteiger partial charge < -0.3 is 14.7 Å². The van der Waals surface area contributed by atoms with Gasteiger partial charge in [-0.3, -0.25) is 9.89 Å². The number of para-hydroxylation sites is 1. The Kier molecular flexibility index (Phi) is 6.78. The topological polar surface area (TPSA) is 78.5 Å². The molecule has 0 aliphatic carbocycles. The number of nitrogens with one attached hydrogen (secondary N) is 1. The monoisotopic (exact) mass is 433 g/mol. The molecule has 0 saturated heterocycles. The van der Waals surface area contributed by atoms with Gasteiger partial charge in [-0.05, 0) is 42.7 Å². The summed E-state index contributed by atoms with van der Waals surface area (Å²) >= 11 is 0. The van der Waals surface area contributed by atoms with Crippen molar-refractivity contribution >= 4 is 5.91 Å². The van der Waals surface area contributed by atoms with E-state index in [2.05, 4.69) is 24.0 Å².